The van der Waals surface area contributed by atoms with Gasteiger partial charge in [0.05, 0.1) is 0 Å². The van der Waals surface area contributed by atoms with Gasteiger partial charge in [0.25, 0.3) is 0 Å². The number of piperazine rings is 1. The Kier molecular flexibility index (Phi) is 5.85. The van der Waals surface area contributed by atoms with Crippen LogP contribution in [0.3, 0.4) is 0 Å². The third-order valence-corrected chi connectivity index (χ3v) is 5.52. The molecule has 1 saturated heterocycles. The molecule has 0 spiro atoms. The smallest absolute Gasteiger partial charge is 0.222 e. The van der Waals surface area contributed by atoms with Gasteiger partial charge < -0.3 is 9.80 Å². The monoisotopic (exact) mass is 341 g/mol. The minimum atomic E-state index is 0.126. The first-order valence-electron chi connectivity index (χ1n) is 9.44. The molecule has 1 aromatic rings. The first-order chi connectivity index (χ1) is 12.2. The number of nitriles is 1. The Hall–Kier alpha value is -2.16. The van der Waals surface area contributed by atoms with Gasteiger partial charge in [-0.25, -0.2) is 9.97 Å². The maximum absolute atomic E-state index is 12.6. The van der Waals surface area contributed by atoms with E-state index in [-0.39, 0.29) is 11.9 Å². The third kappa shape index (κ3) is 4.28. The molecule has 1 amide bonds. The molecule has 2 fully saturated rings. The van der Waals surface area contributed by atoms with Crippen LogP contribution in [0.4, 0.5) is 5.82 Å². The van der Waals surface area contributed by atoms with Gasteiger partial charge in [-0.1, -0.05) is 32.1 Å². The topological polar surface area (TPSA) is 73.1 Å². The summed E-state index contributed by atoms with van der Waals surface area (Å²) in [5, 5.41) is 9.21. The number of hydrogen-bond acceptors (Lipinski definition) is 5. The molecular formula is C19H27N5O. The van der Waals surface area contributed by atoms with E-state index in [0.29, 0.717) is 37.6 Å². The summed E-state index contributed by atoms with van der Waals surface area (Å²) in [4.78, 5) is 25.1. The molecule has 0 aromatic carbocycles. The van der Waals surface area contributed by atoms with Crippen LogP contribution in [-0.4, -0.2) is 46.5 Å². The van der Waals surface area contributed by atoms with Crippen molar-refractivity contribution in [2.45, 2.75) is 57.9 Å². The van der Waals surface area contributed by atoms with Gasteiger partial charge in [-0.3, -0.25) is 4.79 Å². The highest BCUT2D eigenvalue weighted by molar-refractivity contribution is 5.77. The molecule has 134 valence electrons. The first-order valence-corrected chi connectivity index (χ1v) is 9.44. The van der Waals surface area contributed by atoms with Crippen LogP contribution in [0.1, 0.15) is 57.6 Å². The number of anilines is 1. The highest BCUT2D eigenvalue weighted by Gasteiger charge is 2.29. The lowest BCUT2D eigenvalue weighted by Crippen LogP contribution is -2.54. The van der Waals surface area contributed by atoms with Crippen LogP contribution < -0.4 is 4.90 Å². The van der Waals surface area contributed by atoms with Crippen molar-refractivity contribution in [1.82, 2.24) is 14.9 Å². The lowest BCUT2D eigenvalue weighted by atomic mass is 9.86. The van der Waals surface area contributed by atoms with E-state index < -0.39 is 0 Å². The van der Waals surface area contributed by atoms with Crippen LogP contribution in [0.5, 0.6) is 0 Å². The summed E-state index contributed by atoms with van der Waals surface area (Å²) in [7, 11) is 0. The van der Waals surface area contributed by atoms with Crippen LogP contribution in [0.15, 0.2) is 12.4 Å². The molecule has 0 bridgehead atoms. The Bertz CT molecular complexity index is 635. The lowest BCUT2D eigenvalue weighted by Gasteiger charge is -2.40. The predicted octanol–water partition coefficient (Wildman–Crippen LogP) is 2.75. The number of aromatic nitrogens is 2. The van der Waals surface area contributed by atoms with E-state index in [0.717, 1.165) is 12.3 Å². The van der Waals surface area contributed by atoms with E-state index in [4.69, 9.17) is 0 Å². The zero-order chi connectivity index (χ0) is 17.6. The maximum atomic E-state index is 12.6. The van der Waals surface area contributed by atoms with Crippen LogP contribution in [0.2, 0.25) is 0 Å². The van der Waals surface area contributed by atoms with E-state index >= 15 is 0 Å². The molecule has 2 aliphatic rings. The molecule has 0 radical (unpaired) electrons. The first kappa shape index (κ1) is 17.7. The fourth-order valence-corrected chi connectivity index (χ4v) is 4.11. The maximum Gasteiger partial charge on any atom is 0.222 e. The van der Waals surface area contributed by atoms with Crippen LogP contribution in [0.25, 0.3) is 0 Å². The molecule has 0 N–H and O–H groups in total. The van der Waals surface area contributed by atoms with Crippen molar-refractivity contribution in [3.05, 3.63) is 18.1 Å². The minimum Gasteiger partial charge on any atom is -0.350 e. The van der Waals surface area contributed by atoms with Crippen molar-refractivity contribution < 1.29 is 4.79 Å². The van der Waals surface area contributed by atoms with E-state index in [1.807, 2.05) is 4.90 Å². The van der Waals surface area contributed by atoms with Gasteiger partial charge in [-0.15, -0.1) is 0 Å². The quantitative estimate of drug-likeness (QED) is 0.842. The Morgan fingerprint density at radius 2 is 2.00 bits per heavy atom. The zero-order valence-electron chi connectivity index (χ0n) is 15.0. The molecule has 3 rings (SSSR count). The lowest BCUT2D eigenvalue weighted by molar-refractivity contribution is -0.134. The van der Waals surface area contributed by atoms with E-state index in [9.17, 15) is 10.1 Å². The largest absolute Gasteiger partial charge is 0.350 e. The van der Waals surface area contributed by atoms with Crippen molar-refractivity contribution in [1.29, 1.82) is 5.26 Å². The zero-order valence-corrected chi connectivity index (χ0v) is 15.0. The molecule has 0 unspecified atom stereocenters. The second-order valence-electron chi connectivity index (χ2n) is 7.27. The highest BCUT2D eigenvalue weighted by Crippen LogP contribution is 2.28. The normalized spacial score (nSPS) is 21.8. The van der Waals surface area contributed by atoms with Gasteiger partial charge in [0, 0.05) is 44.5 Å². The molecule has 1 aliphatic carbocycles. The van der Waals surface area contributed by atoms with Crippen molar-refractivity contribution in [2.75, 3.05) is 24.5 Å². The average molecular weight is 341 g/mol. The van der Waals surface area contributed by atoms with Gasteiger partial charge in [-0.2, -0.15) is 5.26 Å². The standard InChI is InChI=1S/C19H27N5O/c1-15-14-23(19-17(13-20)21-9-10-22-19)11-12-24(15)18(25)8-7-16-5-3-2-4-6-16/h9-10,15-16H,2-8,11-12,14H2,1H3/t15-/m1/s1. The number of hydrogen-bond donors (Lipinski definition) is 0. The van der Waals surface area contributed by atoms with Gasteiger partial charge in [0.15, 0.2) is 11.5 Å². The molecule has 25 heavy (non-hydrogen) atoms. The van der Waals surface area contributed by atoms with Crippen molar-refractivity contribution in [2.24, 2.45) is 5.92 Å². The summed E-state index contributed by atoms with van der Waals surface area (Å²) in [6.07, 6.45) is 11.5. The molecule has 2 heterocycles. The summed E-state index contributed by atoms with van der Waals surface area (Å²) in [5.41, 5.74) is 0.353. The summed E-state index contributed by atoms with van der Waals surface area (Å²) < 4.78 is 0. The third-order valence-electron chi connectivity index (χ3n) is 5.52. The van der Waals surface area contributed by atoms with Crippen molar-refractivity contribution >= 4 is 11.7 Å². The molecular weight excluding hydrogens is 314 g/mol. The number of carbonyl (C=O) groups is 1. The Balaban J connectivity index is 1.54. The summed E-state index contributed by atoms with van der Waals surface area (Å²) in [5.74, 6) is 1.65. The number of rotatable bonds is 4. The SMILES string of the molecule is C[C@@H]1CN(c2nccnc2C#N)CCN1C(=O)CCC1CCCCC1. The number of carbonyl (C=O) groups excluding carboxylic acids is 1. The fraction of sp³-hybridized carbons (Fsp3) is 0.684. The number of nitrogens with zero attached hydrogens (tertiary/aromatic N) is 5. The Morgan fingerprint density at radius 1 is 1.24 bits per heavy atom. The minimum absolute atomic E-state index is 0.126. The second-order valence-corrected chi connectivity index (χ2v) is 7.27. The molecule has 6 nitrogen and oxygen atoms in total. The second kappa shape index (κ2) is 8.28. The molecule has 1 atom stereocenters. The Labute approximate surface area is 149 Å². The fourth-order valence-electron chi connectivity index (χ4n) is 4.11. The highest BCUT2D eigenvalue weighted by atomic mass is 16.2. The van der Waals surface area contributed by atoms with Gasteiger partial charge in [0.1, 0.15) is 6.07 Å². The van der Waals surface area contributed by atoms with Crippen molar-refractivity contribution in [3.63, 3.8) is 0 Å². The summed E-state index contributed by atoms with van der Waals surface area (Å²) >= 11 is 0. The molecule has 6 heteroatoms. The summed E-state index contributed by atoms with van der Waals surface area (Å²) in [6.45, 7) is 4.16. The van der Waals surface area contributed by atoms with E-state index in [1.165, 1.54) is 38.3 Å². The molecule has 1 saturated carbocycles. The summed E-state index contributed by atoms with van der Waals surface area (Å²) in [6, 6.07) is 2.23. The Morgan fingerprint density at radius 3 is 2.72 bits per heavy atom. The van der Waals surface area contributed by atoms with E-state index in [1.54, 1.807) is 6.20 Å². The van der Waals surface area contributed by atoms with Gasteiger partial charge in [-0.05, 0) is 19.3 Å². The van der Waals surface area contributed by atoms with Crippen LogP contribution in [-0.2, 0) is 4.79 Å². The van der Waals surface area contributed by atoms with Crippen molar-refractivity contribution in [3.8, 4) is 6.07 Å². The van der Waals surface area contributed by atoms with E-state index in [2.05, 4.69) is 27.9 Å². The van der Waals surface area contributed by atoms with Crippen LogP contribution >= 0.6 is 0 Å². The number of amides is 1. The predicted molar refractivity (Wildman–Crippen MR) is 95.9 cm³/mol. The average Bonchev–Trinajstić information content (AvgIpc) is 2.66. The molecule has 1 aromatic heterocycles. The van der Waals surface area contributed by atoms with Crippen LogP contribution in [0, 0.1) is 17.2 Å². The van der Waals surface area contributed by atoms with Gasteiger partial charge >= 0.3 is 0 Å². The van der Waals surface area contributed by atoms with Gasteiger partial charge in [0.2, 0.25) is 5.91 Å². The molecule has 1 aliphatic heterocycles.